The highest BCUT2D eigenvalue weighted by Gasteiger charge is 2.20. The van der Waals surface area contributed by atoms with E-state index in [1.165, 1.54) is 0 Å². The fraction of sp³-hybridized carbons (Fsp3) is 0.375. The molecule has 4 N–H and O–H groups in total. The smallest absolute Gasteiger partial charge is 0.251 e. The van der Waals surface area contributed by atoms with Gasteiger partial charge in [0.15, 0.2) is 0 Å². The maximum atomic E-state index is 12.3. The molecule has 1 aromatic rings. The molecule has 0 aromatic heterocycles. The topological polar surface area (TPSA) is 84.2 Å². The van der Waals surface area contributed by atoms with Crippen LogP contribution in [-0.4, -0.2) is 30.9 Å². The summed E-state index contributed by atoms with van der Waals surface area (Å²) >= 11 is 0. The van der Waals surface area contributed by atoms with E-state index in [4.69, 9.17) is 5.73 Å². The summed E-state index contributed by atoms with van der Waals surface area (Å²) in [5.41, 5.74) is 7.69. The van der Waals surface area contributed by atoms with Gasteiger partial charge >= 0.3 is 0 Å². The first-order valence-corrected chi connectivity index (χ1v) is 6.96. The number of rotatable bonds is 2. The van der Waals surface area contributed by atoms with E-state index in [2.05, 4.69) is 22.5 Å². The summed E-state index contributed by atoms with van der Waals surface area (Å²) in [6, 6.07) is 5.48. The van der Waals surface area contributed by atoms with E-state index in [-0.39, 0.29) is 24.4 Å². The lowest BCUT2D eigenvalue weighted by atomic mass is 10.0. The fourth-order valence-electron chi connectivity index (χ4n) is 2.26. The second kappa shape index (κ2) is 6.91. The van der Waals surface area contributed by atoms with Crippen molar-refractivity contribution in [3.63, 3.8) is 0 Å². The Morgan fingerprint density at radius 2 is 2.29 bits per heavy atom. The summed E-state index contributed by atoms with van der Waals surface area (Å²) in [4.78, 5) is 23.4. The number of aryl methyl sites for hydroxylation is 1. The third-order valence-corrected chi connectivity index (χ3v) is 3.28. The van der Waals surface area contributed by atoms with Gasteiger partial charge in [-0.15, -0.1) is 0 Å². The molecule has 0 radical (unpaired) electrons. The van der Waals surface area contributed by atoms with Crippen molar-refractivity contribution < 1.29 is 9.59 Å². The Bertz CT molecular complexity index is 604. The molecule has 21 heavy (non-hydrogen) atoms. The Morgan fingerprint density at radius 3 is 2.95 bits per heavy atom. The number of hydrogen-bond donors (Lipinski definition) is 3. The third kappa shape index (κ3) is 4.33. The zero-order valence-electron chi connectivity index (χ0n) is 12.0. The molecule has 0 bridgehead atoms. The van der Waals surface area contributed by atoms with Gasteiger partial charge in [0.05, 0.1) is 6.54 Å². The SMILES string of the molecule is Cc1cc(C#CCN)cc(C(=O)NC2CCC(=O)NC2)c1. The van der Waals surface area contributed by atoms with E-state index in [1.807, 2.05) is 19.1 Å². The van der Waals surface area contributed by atoms with Crippen molar-refractivity contribution in [1.82, 2.24) is 10.6 Å². The number of amides is 2. The Hall–Kier alpha value is -2.32. The van der Waals surface area contributed by atoms with Crippen LogP contribution in [0.3, 0.4) is 0 Å². The van der Waals surface area contributed by atoms with Gasteiger partial charge in [-0.2, -0.15) is 0 Å². The van der Waals surface area contributed by atoms with Crippen LogP contribution < -0.4 is 16.4 Å². The Kier molecular flexibility index (Phi) is 4.96. The fourth-order valence-corrected chi connectivity index (χ4v) is 2.26. The lowest BCUT2D eigenvalue weighted by molar-refractivity contribution is -0.122. The van der Waals surface area contributed by atoms with Gasteiger partial charge in [-0.05, 0) is 37.1 Å². The molecule has 2 rings (SSSR count). The van der Waals surface area contributed by atoms with Gasteiger partial charge in [-0.3, -0.25) is 9.59 Å². The number of carbonyl (C=O) groups is 2. The number of hydrogen-bond acceptors (Lipinski definition) is 3. The lowest BCUT2D eigenvalue weighted by Crippen LogP contribution is -2.47. The molecular weight excluding hydrogens is 266 g/mol. The quantitative estimate of drug-likeness (QED) is 0.684. The van der Waals surface area contributed by atoms with Crippen LogP contribution in [0, 0.1) is 18.8 Å². The van der Waals surface area contributed by atoms with Crippen molar-refractivity contribution in [2.75, 3.05) is 13.1 Å². The average molecular weight is 285 g/mol. The van der Waals surface area contributed by atoms with E-state index in [0.29, 0.717) is 24.9 Å². The monoisotopic (exact) mass is 285 g/mol. The zero-order chi connectivity index (χ0) is 15.2. The van der Waals surface area contributed by atoms with Crippen LogP contribution in [0.2, 0.25) is 0 Å². The van der Waals surface area contributed by atoms with Gasteiger partial charge in [0, 0.05) is 30.1 Å². The predicted molar refractivity (Wildman–Crippen MR) is 80.6 cm³/mol. The number of carbonyl (C=O) groups excluding carboxylic acids is 2. The van der Waals surface area contributed by atoms with Crippen LogP contribution in [0.5, 0.6) is 0 Å². The van der Waals surface area contributed by atoms with Crippen LogP contribution >= 0.6 is 0 Å². The highest BCUT2D eigenvalue weighted by Crippen LogP contribution is 2.10. The number of benzene rings is 1. The summed E-state index contributed by atoms with van der Waals surface area (Å²) in [6.07, 6.45) is 1.12. The van der Waals surface area contributed by atoms with Crippen molar-refractivity contribution in [2.24, 2.45) is 5.73 Å². The van der Waals surface area contributed by atoms with E-state index >= 15 is 0 Å². The minimum Gasteiger partial charge on any atom is -0.354 e. The van der Waals surface area contributed by atoms with Crippen molar-refractivity contribution in [3.8, 4) is 11.8 Å². The molecule has 1 fully saturated rings. The molecule has 5 heteroatoms. The van der Waals surface area contributed by atoms with Crippen molar-refractivity contribution in [2.45, 2.75) is 25.8 Å². The standard InChI is InChI=1S/C16H19N3O2/c1-11-7-12(3-2-6-17)9-13(8-11)16(21)19-14-4-5-15(20)18-10-14/h7-9,14H,4-6,10,17H2,1H3,(H,18,20)(H,19,21). The predicted octanol–water partition coefficient (Wildman–Crippen LogP) is 0.314. The molecule has 0 saturated carbocycles. The molecule has 1 unspecified atom stereocenters. The maximum Gasteiger partial charge on any atom is 0.251 e. The molecular formula is C16H19N3O2. The summed E-state index contributed by atoms with van der Waals surface area (Å²) < 4.78 is 0. The third-order valence-electron chi connectivity index (χ3n) is 3.28. The highest BCUT2D eigenvalue weighted by molar-refractivity contribution is 5.95. The summed E-state index contributed by atoms with van der Waals surface area (Å²) in [5, 5.41) is 5.69. The Balaban J connectivity index is 2.08. The van der Waals surface area contributed by atoms with Crippen LogP contribution in [0.4, 0.5) is 0 Å². The minimum atomic E-state index is -0.143. The highest BCUT2D eigenvalue weighted by atomic mass is 16.2. The number of piperidine rings is 1. The van der Waals surface area contributed by atoms with Gasteiger partial charge in [0.1, 0.15) is 0 Å². The van der Waals surface area contributed by atoms with Gasteiger partial charge in [0.25, 0.3) is 5.91 Å². The Labute approximate surface area is 124 Å². The first-order valence-electron chi connectivity index (χ1n) is 6.96. The van der Waals surface area contributed by atoms with Gasteiger partial charge in [-0.1, -0.05) is 11.8 Å². The van der Waals surface area contributed by atoms with E-state index < -0.39 is 0 Å². The molecule has 1 atom stereocenters. The molecule has 1 aliphatic rings. The van der Waals surface area contributed by atoms with E-state index in [1.54, 1.807) is 6.07 Å². The largest absolute Gasteiger partial charge is 0.354 e. The van der Waals surface area contributed by atoms with Crippen LogP contribution in [-0.2, 0) is 4.79 Å². The molecule has 1 aliphatic heterocycles. The minimum absolute atomic E-state index is 0.0192. The molecule has 110 valence electrons. The zero-order valence-corrected chi connectivity index (χ0v) is 12.0. The first-order chi connectivity index (χ1) is 10.1. The van der Waals surface area contributed by atoms with E-state index in [9.17, 15) is 9.59 Å². The summed E-state index contributed by atoms with van der Waals surface area (Å²) in [7, 11) is 0. The van der Waals surface area contributed by atoms with Gasteiger partial charge in [0.2, 0.25) is 5.91 Å². The Morgan fingerprint density at radius 1 is 1.48 bits per heavy atom. The van der Waals surface area contributed by atoms with Crippen LogP contribution in [0.15, 0.2) is 18.2 Å². The average Bonchev–Trinajstić information content (AvgIpc) is 2.47. The van der Waals surface area contributed by atoms with Crippen LogP contribution in [0.1, 0.15) is 34.3 Å². The number of nitrogens with one attached hydrogen (secondary N) is 2. The molecule has 5 nitrogen and oxygen atoms in total. The second-order valence-corrected chi connectivity index (χ2v) is 5.11. The first kappa shape index (κ1) is 15.1. The molecule has 0 aliphatic carbocycles. The normalized spacial score (nSPS) is 17.4. The van der Waals surface area contributed by atoms with Gasteiger partial charge in [-0.25, -0.2) is 0 Å². The summed E-state index contributed by atoms with van der Waals surface area (Å²) in [6.45, 7) is 2.69. The maximum absolute atomic E-state index is 12.3. The van der Waals surface area contributed by atoms with Gasteiger partial charge < -0.3 is 16.4 Å². The van der Waals surface area contributed by atoms with E-state index in [0.717, 1.165) is 11.1 Å². The second-order valence-electron chi connectivity index (χ2n) is 5.11. The molecule has 1 saturated heterocycles. The number of nitrogens with two attached hydrogens (primary N) is 1. The molecule has 1 heterocycles. The molecule has 1 aromatic carbocycles. The van der Waals surface area contributed by atoms with Crippen molar-refractivity contribution >= 4 is 11.8 Å². The van der Waals surface area contributed by atoms with Crippen molar-refractivity contribution in [3.05, 3.63) is 34.9 Å². The van der Waals surface area contributed by atoms with Crippen molar-refractivity contribution in [1.29, 1.82) is 0 Å². The summed E-state index contributed by atoms with van der Waals surface area (Å²) in [5.74, 6) is 5.62. The lowest BCUT2D eigenvalue weighted by Gasteiger charge is -2.23. The molecule has 0 spiro atoms. The molecule has 2 amide bonds. The van der Waals surface area contributed by atoms with Crippen LogP contribution in [0.25, 0.3) is 0 Å².